The van der Waals surface area contributed by atoms with Crippen LogP contribution in [0.1, 0.15) is 106 Å². The van der Waals surface area contributed by atoms with Crippen LogP contribution in [0.2, 0.25) is 0 Å². The van der Waals surface area contributed by atoms with Crippen LogP contribution in [0.5, 0.6) is 0 Å². The fraction of sp³-hybridized carbons (Fsp3) is 0.919. The average Bonchev–Trinajstić information content (AvgIpc) is 3.60. The van der Waals surface area contributed by atoms with Gasteiger partial charge >= 0.3 is 18.2 Å². The highest BCUT2D eigenvalue weighted by Gasteiger charge is 2.84. The van der Waals surface area contributed by atoms with Crippen molar-refractivity contribution < 1.29 is 38.8 Å². The van der Waals surface area contributed by atoms with Crippen molar-refractivity contribution in [3.63, 3.8) is 0 Å². The van der Waals surface area contributed by atoms with Gasteiger partial charge in [0.25, 0.3) is 0 Å². The van der Waals surface area contributed by atoms with Crippen molar-refractivity contribution >= 4 is 18.2 Å². The summed E-state index contributed by atoms with van der Waals surface area (Å²) in [7, 11) is 0. The Hall–Kier alpha value is -2.07. The van der Waals surface area contributed by atoms with Gasteiger partial charge < -0.3 is 34.6 Å². The number of aliphatic hydroxyl groups is 1. The largest absolute Gasteiger partial charge is 0.480 e. The van der Waals surface area contributed by atoms with Gasteiger partial charge in [0, 0.05) is 23.9 Å². The zero-order chi connectivity index (χ0) is 33.9. The first kappa shape index (κ1) is 33.4. The maximum absolute atomic E-state index is 12.9. The molecule has 0 aromatic rings. The Balaban J connectivity index is 1.12. The number of rotatable bonds is 6. The molecular weight excluding hydrogens is 600 g/mol. The van der Waals surface area contributed by atoms with Gasteiger partial charge in [-0.05, 0) is 104 Å². The predicted octanol–water partition coefficient (Wildman–Crippen LogP) is 5.85. The molecule has 2 aliphatic heterocycles. The lowest BCUT2D eigenvalue weighted by Crippen LogP contribution is -2.60. The molecule has 13 atom stereocenters. The lowest BCUT2D eigenvalue weighted by molar-refractivity contribution is -0.185. The topological polar surface area (TPSA) is 135 Å². The quantitative estimate of drug-likeness (QED) is 0.324. The van der Waals surface area contributed by atoms with Gasteiger partial charge in [-0.2, -0.15) is 0 Å². The molecule has 2 heterocycles. The van der Waals surface area contributed by atoms with Crippen LogP contribution >= 0.6 is 0 Å². The predicted molar refractivity (Wildman–Crippen MR) is 173 cm³/mol. The van der Waals surface area contributed by atoms with Gasteiger partial charge in [-0.1, -0.05) is 48.5 Å². The normalized spacial score (nSPS) is 48.0. The van der Waals surface area contributed by atoms with Gasteiger partial charge in [0.15, 0.2) is 0 Å². The van der Waals surface area contributed by atoms with Gasteiger partial charge in [-0.25, -0.2) is 9.59 Å². The monoisotopic (exact) mass is 658 g/mol. The van der Waals surface area contributed by atoms with Crippen LogP contribution in [0.4, 0.5) is 9.59 Å². The smallest absolute Gasteiger partial charge is 0.410 e. The molecule has 0 radical (unpaired) electrons. The van der Waals surface area contributed by atoms with Crippen LogP contribution in [0.3, 0.4) is 0 Å². The number of aliphatic carboxylic acids is 1. The molecule has 10 heteroatoms. The number of carbonyl (C=O) groups excluding carboxylic acids is 2. The Morgan fingerprint density at radius 3 is 2.32 bits per heavy atom. The van der Waals surface area contributed by atoms with E-state index >= 15 is 0 Å². The van der Waals surface area contributed by atoms with Crippen molar-refractivity contribution in [3.8, 4) is 0 Å². The van der Waals surface area contributed by atoms with Crippen molar-refractivity contribution in [2.45, 2.75) is 137 Å². The van der Waals surface area contributed by atoms with Crippen molar-refractivity contribution in [2.24, 2.45) is 56.7 Å². The summed E-state index contributed by atoms with van der Waals surface area (Å²) in [6.07, 6.45) is 6.48. The average molecular weight is 659 g/mol. The van der Waals surface area contributed by atoms with Crippen LogP contribution in [-0.4, -0.2) is 83.4 Å². The molecule has 6 unspecified atom stereocenters. The molecule has 2 spiro atoms. The number of carboxylic acid groups (broad SMARTS) is 1. The van der Waals surface area contributed by atoms with Crippen LogP contribution in [0.15, 0.2) is 0 Å². The molecule has 47 heavy (non-hydrogen) atoms. The van der Waals surface area contributed by atoms with Gasteiger partial charge in [0.2, 0.25) is 0 Å². The number of amides is 2. The van der Waals surface area contributed by atoms with E-state index in [1.54, 1.807) is 4.90 Å². The summed E-state index contributed by atoms with van der Waals surface area (Å²) in [5.41, 5.74) is -0.247. The first-order valence-electron chi connectivity index (χ1n) is 18.5. The number of hydrogen-bond acceptors (Lipinski definition) is 7. The number of likely N-dealkylation sites (tertiary alicyclic amines) is 1. The molecule has 0 bridgehead atoms. The number of ether oxygens (including phenoxy) is 3. The van der Waals surface area contributed by atoms with E-state index in [2.05, 4.69) is 53.8 Å². The van der Waals surface area contributed by atoms with Crippen LogP contribution in [-0.2, 0) is 19.0 Å². The molecule has 0 aromatic carbocycles. The van der Waals surface area contributed by atoms with Gasteiger partial charge in [0.05, 0.1) is 18.3 Å². The Bertz CT molecular complexity index is 1300. The van der Waals surface area contributed by atoms with E-state index in [0.717, 1.165) is 64.5 Å². The highest BCUT2D eigenvalue weighted by molar-refractivity contribution is 5.76. The fourth-order valence-corrected chi connectivity index (χ4v) is 13.4. The molecule has 2 amide bonds. The van der Waals surface area contributed by atoms with Crippen molar-refractivity contribution in [1.82, 2.24) is 10.2 Å². The first-order chi connectivity index (χ1) is 22.0. The summed E-state index contributed by atoms with van der Waals surface area (Å²) in [5.74, 6) is 0.385. The number of alkyl carbamates (subject to hydrolysis) is 1. The number of hydrogen-bond donors (Lipinski definition) is 3. The summed E-state index contributed by atoms with van der Waals surface area (Å²) in [6, 6.07) is 0. The maximum atomic E-state index is 12.9. The zero-order valence-corrected chi connectivity index (χ0v) is 29.5. The van der Waals surface area contributed by atoms with Crippen LogP contribution < -0.4 is 5.32 Å². The second-order valence-corrected chi connectivity index (χ2v) is 18.1. The summed E-state index contributed by atoms with van der Waals surface area (Å²) in [5, 5.41) is 23.9. The van der Waals surface area contributed by atoms with Crippen molar-refractivity contribution in [2.75, 3.05) is 19.6 Å². The highest BCUT2D eigenvalue weighted by Crippen LogP contribution is 2.89. The Kier molecular flexibility index (Phi) is 7.80. The Morgan fingerprint density at radius 1 is 1.00 bits per heavy atom. The lowest BCUT2D eigenvalue weighted by Gasteiger charge is -2.63. The Morgan fingerprint density at radius 2 is 1.68 bits per heavy atom. The van der Waals surface area contributed by atoms with E-state index in [1.165, 1.54) is 6.42 Å². The molecule has 7 aliphatic rings. The minimum absolute atomic E-state index is 0.0618. The molecule has 2 saturated heterocycles. The minimum Gasteiger partial charge on any atom is -0.480 e. The molecule has 10 nitrogen and oxygen atoms in total. The molecule has 7 rings (SSSR count). The standard InChI is InChI=1S/C37H58N2O8/c1-20(2)28(47-32(44)39-15-8-16-39)22-17-21(3)27-29(45-22)30(42)35(7)24-10-9-23-33(4,5)25(46-31(43)38-18-26(40)41)11-12-36(23)19-37(24,36)14-13-34(27,35)6/h20-25,27-30,42H,8-19H2,1-7H3,(H,38,43)(H,40,41)/t21-,22?,23+,24?,25+,27?,28-,29?,30+,34-,35-,36?,37?/m1/s1. The first-order valence-corrected chi connectivity index (χ1v) is 18.5. The summed E-state index contributed by atoms with van der Waals surface area (Å²) in [6.45, 7) is 16.9. The third-order valence-corrected chi connectivity index (χ3v) is 15.8. The number of nitrogens with one attached hydrogen (secondary N) is 1. The second kappa shape index (κ2) is 11.0. The minimum atomic E-state index is -1.09. The molecule has 3 N–H and O–H groups in total. The zero-order valence-electron chi connectivity index (χ0n) is 29.5. The fourth-order valence-electron chi connectivity index (χ4n) is 13.4. The number of nitrogens with zero attached hydrogens (tertiary/aromatic N) is 1. The van der Waals surface area contributed by atoms with E-state index in [9.17, 15) is 19.5 Å². The van der Waals surface area contributed by atoms with Gasteiger partial charge in [0.1, 0.15) is 18.8 Å². The third kappa shape index (κ3) is 4.51. The maximum Gasteiger partial charge on any atom is 0.410 e. The van der Waals surface area contributed by atoms with E-state index in [1.807, 2.05) is 0 Å². The van der Waals surface area contributed by atoms with E-state index < -0.39 is 24.7 Å². The molecule has 7 fully saturated rings. The van der Waals surface area contributed by atoms with E-state index in [4.69, 9.17) is 19.3 Å². The van der Waals surface area contributed by atoms with Crippen molar-refractivity contribution in [3.05, 3.63) is 0 Å². The summed E-state index contributed by atoms with van der Waals surface area (Å²) >= 11 is 0. The number of fused-ring (bicyclic) bond motifs is 4. The number of carbonyl (C=O) groups is 3. The van der Waals surface area contributed by atoms with E-state index in [-0.39, 0.29) is 69.4 Å². The van der Waals surface area contributed by atoms with E-state index in [0.29, 0.717) is 17.8 Å². The van der Waals surface area contributed by atoms with Crippen molar-refractivity contribution in [1.29, 1.82) is 0 Å². The highest BCUT2D eigenvalue weighted by atomic mass is 16.6. The SMILES string of the molecule is CC(C)[C@@H](OC(=O)N1CCC1)C1C[C@@H](C)C2C(O1)[C@H](O)[C@@]1(C)C3CC[C@H]4C(C)(C)[C@@H](OC(=O)NCC(=O)O)CCC45CC35CC[C@]21C. The molecule has 264 valence electrons. The Labute approximate surface area is 280 Å². The molecule has 0 aromatic heterocycles. The third-order valence-electron chi connectivity index (χ3n) is 15.8. The second-order valence-electron chi connectivity index (χ2n) is 18.1. The van der Waals surface area contributed by atoms with Crippen LogP contribution in [0, 0.1) is 56.7 Å². The molecule has 5 aliphatic carbocycles. The van der Waals surface area contributed by atoms with Gasteiger partial charge in [-0.3, -0.25) is 4.79 Å². The number of carboxylic acids is 1. The molecular formula is C37H58N2O8. The lowest BCUT2D eigenvalue weighted by atomic mass is 9.41. The van der Waals surface area contributed by atoms with Crippen LogP contribution in [0.25, 0.3) is 0 Å². The molecule has 5 saturated carbocycles. The summed E-state index contributed by atoms with van der Waals surface area (Å²) < 4.78 is 19.0. The summed E-state index contributed by atoms with van der Waals surface area (Å²) in [4.78, 5) is 38.1. The number of aliphatic hydroxyl groups excluding tert-OH is 1. The van der Waals surface area contributed by atoms with Gasteiger partial charge in [-0.15, -0.1) is 0 Å².